The van der Waals surface area contributed by atoms with Gasteiger partial charge in [0.25, 0.3) is 0 Å². The molecule has 29 heavy (non-hydrogen) atoms. The molecule has 0 unspecified atom stereocenters. The molecule has 3 aromatic rings. The van der Waals surface area contributed by atoms with Gasteiger partial charge in [-0.3, -0.25) is 19.7 Å². The van der Waals surface area contributed by atoms with Crippen LogP contribution < -0.4 is 0 Å². The zero-order valence-corrected chi connectivity index (χ0v) is 16.7. The zero-order valence-electron chi connectivity index (χ0n) is 16.7. The summed E-state index contributed by atoms with van der Waals surface area (Å²) in [7, 11) is 1.91. The van der Waals surface area contributed by atoms with Crippen LogP contribution in [-0.4, -0.2) is 52.4 Å². The molecule has 0 aliphatic carbocycles. The molecular formula is C24H26N4O. The van der Waals surface area contributed by atoms with Crippen molar-refractivity contribution >= 4 is 5.91 Å². The minimum atomic E-state index is -0.0459. The van der Waals surface area contributed by atoms with Crippen molar-refractivity contribution in [3.63, 3.8) is 0 Å². The van der Waals surface area contributed by atoms with Crippen LogP contribution in [0.2, 0.25) is 0 Å². The van der Waals surface area contributed by atoms with E-state index in [0.29, 0.717) is 0 Å². The van der Waals surface area contributed by atoms with Crippen molar-refractivity contribution in [3.05, 3.63) is 84.4 Å². The SMILES string of the molecule is CN1CCN(Cc2ccccn2)C[C@@H](Cc2ccc(-c3cccnc3)cc2)C1=O. The van der Waals surface area contributed by atoms with E-state index in [1.807, 2.05) is 48.6 Å². The lowest BCUT2D eigenvalue weighted by atomic mass is 9.96. The van der Waals surface area contributed by atoms with Gasteiger partial charge in [0, 0.05) is 51.8 Å². The van der Waals surface area contributed by atoms with Crippen LogP contribution in [0.5, 0.6) is 0 Å². The number of hydrogen-bond acceptors (Lipinski definition) is 4. The van der Waals surface area contributed by atoms with Gasteiger partial charge in [-0.25, -0.2) is 0 Å². The largest absolute Gasteiger partial charge is 0.344 e. The van der Waals surface area contributed by atoms with Crippen molar-refractivity contribution in [1.82, 2.24) is 19.8 Å². The van der Waals surface area contributed by atoms with Gasteiger partial charge in [0.1, 0.15) is 0 Å². The first kappa shape index (κ1) is 19.3. The highest BCUT2D eigenvalue weighted by molar-refractivity contribution is 5.79. The lowest BCUT2D eigenvalue weighted by Crippen LogP contribution is -2.34. The summed E-state index contributed by atoms with van der Waals surface area (Å²) in [5.74, 6) is 0.181. The molecule has 4 rings (SSSR count). The third-order valence-electron chi connectivity index (χ3n) is 5.50. The number of rotatable bonds is 5. The fourth-order valence-electron chi connectivity index (χ4n) is 3.86. The Balaban J connectivity index is 1.47. The fraction of sp³-hybridized carbons (Fsp3) is 0.292. The lowest BCUT2D eigenvalue weighted by molar-refractivity contribution is -0.133. The molecule has 0 N–H and O–H groups in total. The molecule has 0 radical (unpaired) electrons. The van der Waals surface area contributed by atoms with E-state index in [9.17, 15) is 4.79 Å². The first-order valence-electron chi connectivity index (χ1n) is 10.1. The van der Waals surface area contributed by atoms with Gasteiger partial charge in [-0.2, -0.15) is 0 Å². The molecule has 1 aliphatic heterocycles. The maximum Gasteiger partial charge on any atom is 0.227 e. The van der Waals surface area contributed by atoms with Crippen molar-refractivity contribution in [2.75, 3.05) is 26.7 Å². The highest BCUT2D eigenvalue weighted by Crippen LogP contribution is 2.22. The van der Waals surface area contributed by atoms with E-state index in [4.69, 9.17) is 0 Å². The normalized spacial score (nSPS) is 17.9. The first-order valence-corrected chi connectivity index (χ1v) is 10.1. The minimum absolute atomic E-state index is 0.0459. The molecule has 0 spiro atoms. The van der Waals surface area contributed by atoms with Crippen LogP contribution in [0, 0.1) is 5.92 Å². The van der Waals surface area contributed by atoms with Gasteiger partial charge in [0.15, 0.2) is 0 Å². The molecule has 1 atom stereocenters. The number of pyridine rings is 2. The quantitative estimate of drug-likeness (QED) is 0.675. The van der Waals surface area contributed by atoms with Gasteiger partial charge in [-0.15, -0.1) is 0 Å². The number of amides is 1. The summed E-state index contributed by atoms with van der Waals surface area (Å²) in [6.45, 7) is 3.15. The molecule has 0 saturated carbocycles. The molecule has 1 aliphatic rings. The maximum absolute atomic E-state index is 12.9. The second kappa shape index (κ2) is 8.97. The third kappa shape index (κ3) is 4.87. The Hall–Kier alpha value is -3.05. The molecule has 3 heterocycles. The molecule has 148 valence electrons. The molecule has 1 amide bonds. The molecular weight excluding hydrogens is 360 g/mol. The van der Waals surface area contributed by atoms with Gasteiger partial charge in [-0.1, -0.05) is 36.4 Å². The molecule has 5 heteroatoms. The summed E-state index contributed by atoms with van der Waals surface area (Å²) in [4.78, 5) is 25.8. The summed E-state index contributed by atoms with van der Waals surface area (Å²) in [5, 5.41) is 0. The van der Waals surface area contributed by atoms with Gasteiger partial charge in [0.05, 0.1) is 11.6 Å². The maximum atomic E-state index is 12.9. The smallest absolute Gasteiger partial charge is 0.227 e. The lowest BCUT2D eigenvalue weighted by Gasteiger charge is -2.22. The third-order valence-corrected chi connectivity index (χ3v) is 5.50. The average molecular weight is 386 g/mol. The summed E-state index contributed by atoms with van der Waals surface area (Å²) in [6.07, 6.45) is 6.22. The van der Waals surface area contributed by atoms with Crippen LogP contribution in [-0.2, 0) is 17.8 Å². The number of nitrogens with zero attached hydrogens (tertiary/aromatic N) is 4. The van der Waals surface area contributed by atoms with Crippen LogP contribution in [0.3, 0.4) is 0 Å². The topological polar surface area (TPSA) is 49.3 Å². The summed E-state index contributed by atoms with van der Waals surface area (Å²) in [6, 6.07) is 18.5. The van der Waals surface area contributed by atoms with Crippen molar-refractivity contribution in [2.24, 2.45) is 5.92 Å². The van der Waals surface area contributed by atoms with Crippen LogP contribution in [0.1, 0.15) is 11.3 Å². The number of likely N-dealkylation sites (N-methyl/N-ethyl adjacent to an activating group) is 1. The Labute approximate surface area is 172 Å². The Morgan fingerprint density at radius 2 is 1.83 bits per heavy atom. The van der Waals surface area contributed by atoms with E-state index < -0.39 is 0 Å². The van der Waals surface area contributed by atoms with E-state index in [2.05, 4.69) is 45.2 Å². The average Bonchev–Trinajstić information content (AvgIpc) is 2.90. The number of benzene rings is 1. The second-order valence-corrected chi connectivity index (χ2v) is 7.66. The zero-order chi connectivity index (χ0) is 20.1. The van der Waals surface area contributed by atoms with Crippen molar-refractivity contribution in [2.45, 2.75) is 13.0 Å². The van der Waals surface area contributed by atoms with Gasteiger partial charge < -0.3 is 4.90 Å². The van der Waals surface area contributed by atoms with E-state index in [1.165, 1.54) is 5.56 Å². The van der Waals surface area contributed by atoms with E-state index >= 15 is 0 Å². The predicted molar refractivity (Wildman–Crippen MR) is 114 cm³/mol. The van der Waals surface area contributed by atoms with Crippen LogP contribution in [0.4, 0.5) is 0 Å². The number of aromatic nitrogens is 2. The number of carbonyl (C=O) groups is 1. The van der Waals surface area contributed by atoms with Gasteiger partial charge >= 0.3 is 0 Å². The summed E-state index contributed by atoms with van der Waals surface area (Å²) >= 11 is 0. The Kier molecular flexibility index (Phi) is 5.96. The Bertz CT molecular complexity index is 928. The Morgan fingerprint density at radius 1 is 0.966 bits per heavy atom. The van der Waals surface area contributed by atoms with Crippen molar-refractivity contribution < 1.29 is 4.79 Å². The molecule has 2 aromatic heterocycles. The first-order chi connectivity index (χ1) is 14.2. The van der Waals surface area contributed by atoms with Gasteiger partial charge in [0.2, 0.25) is 5.91 Å². The number of carbonyl (C=O) groups excluding carboxylic acids is 1. The summed E-state index contributed by atoms with van der Waals surface area (Å²) in [5.41, 5.74) is 4.47. The minimum Gasteiger partial charge on any atom is -0.344 e. The van der Waals surface area contributed by atoms with E-state index in [0.717, 1.165) is 49.4 Å². The summed E-state index contributed by atoms with van der Waals surface area (Å²) < 4.78 is 0. The predicted octanol–water partition coefficient (Wildman–Crippen LogP) is 3.28. The van der Waals surface area contributed by atoms with Crippen LogP contribution in [0.25, 0.3) is 11.1 Å². The molecule has 5 nitrogen and oxygen atoms in total. The monoisotopic (exact) mass is 386 g/mol. The number of hydrogen-bond donors (Lipinski definition) is 0. The molecule has 1 saturated heterocycles. The molecule has 1 aromatic carbocycles. The van der Waals surface area contributed by atoms with Crippen molar-refractivity contribution in [3.8, 4) is 11.1 Å². The standard InChI is InChI=1S/C24H26N4O/c1-27-13-14-28(18-23-6-2-3-12-26-23)17-22(24(27)29)15-19-7-9-20(10-8-19)21-5-4-11-25-16-21/h2-12,16,22H,13-15,17-18H2,1H3/t22-/m1/s1. The highest BCUT2D eigenvalue weighted by Gasteiger charge is 2.28. The van der Waals surface area contributed by atoms with E-state index in [-0.39, 0.29) is 11.8 Å². The molecule has 0 bridgehead atoms. The Morgan fingerprint density at radius 3 is 2.55 bits per heavy atom. The van der Waals surface area contributed by atoms with Crippen molar-refractivity contribution in [1.29, 1.82) is 0 Å². The second-order valence-electron chi connectivity index (χ2n) is 7.66. The van der Waals surface area contributed by atoms with E-state index in [1.54, 1.807) is 6.20 Å². The highest BCUT2D eigenvalue weighted by atomic mass is 16.2. The van der Waals surface area contributed by atoms with Crippen LogP contribution in [0.15, 0.2) is 73.2 Å². The van der Waals surface area contributed by atoms with Gasteiger partial charge in [-0.05, 0) is 41.3 Å². The molecule has 1 fully saturated rings. The van der Waals surface area contributed by atoms with Crippen LogP contribution >= 0.6 is 0 Å². The fourth-order valence-corrected chi connectivity index (χ4v) is 3.86.